The van der Waals surface area contributed by atoms with Crippen LogP contribution in [0.15, 0.2) is 12.5 Å². The second-order valence-electron chi connectivity index (χ2n) is 1.89. The summed E-state index contributed by atoms with van der Waals surface area (Å²) in [5, 5.41) is 0. The SMILES string of the molecule is C=C1OC(F)C(C)(F)O1. The predicted octanol–water partition coefficient (Wildman–Crippen LogP) is 1.49. The monoisotopic (exact) mass is 136 g/mol. The number of alkyl halides is 2. The van der Waals surface area contributed by atoms with Crippen LogP contribution in [-0.2, 0) is 9.47 Å². The smallest absolute Gasteiger partial charge is 0.314 e. The Morgan fingerprint density at radius 2 is 2.33 bits per heavy atom. The van der Waals surface area contributed by atoms with Crippen LogP contribution in [-0.4, -0.2) is 12.2 Å². The molecule has 0 radical (unpaired) electrons. The summed E-state index contributed by atoms with van der Waals surface area (Å²) < 4.78 is 33.0. The molecule has 4 heteroatoms. The molecular weight excluding hydrogens is 130 g/mol. The maximum atomic E-state index is 12.5. The van der Waals surface area contributed by atoms with Crippen LogP contribution in [0.1, 0.15) is 6.92 Å². The quantitative estimate of drug-likeness (QED) is 0.502. The van der Waals surface area contributed by atoms with Crippen molar-refractivity contribution < 1.29 is 18.3 Å². The second kappa shape index (κ2) is 1.59. The van der Waals surface area contributed by atoms with Gasteiger partial charge in [-0.05, 0) is 6.58 Å². The van der Waals surface area contributed by atoms with Gasteiger partial charge >= 0.3 is 12.2 Å². The maximum absolute atomic E-state index is 12.5. The van der Waals surface area contributed by atoms with Gasteiger partial charge in [0.1, 0.15) is 0 Å². The Kier molecular flexibility index (Phi) is 1.12. The van der Waals surface area contributed by atoms with Crippen LogP contribution in [0.5, 0.6) is 0 Å². The van der Waals surface area contributed by atoms with Gasteiger partial charge in [-0.15, -0.1) is 0 Å². The minimum Gasteiger partial charge on any atom is -0.424 e. The van der Waals surface area contributed by atoms with E-state index < -0.39 is 12.2 Å². The third-order valence-corrected chi connectivity index (χ3v) is 0.954. The molecule has 0 N–H and O–H groups in total. The molecule has 2 nitrogen and oxygen atoms in total. The maximum Gasteiger partial charge on any atom is 0.314 e. The number of rotatable bonds is 0. The van der Waals surface area contributed by atoms with Crippen molar-refractivity contribution >= 4 is 0 Å². The molecular formula is C5H6F2O2. The third kappa shape index (κ3) is 0.966. The van der Waals surface area contributed by atoms with Crippen LogP contribution in [0.3, 0.4) is 0 Å². The molecule has 1 saturated heterocycles. The summed E-state index contributed by atoms with van der Waals surface area (Å²) in [6.07, 6.45) is -2.05. The molecule has 0 amide bonds. The highest BCUT2D eigenvalue weighted by atomic mass is 19.2. The van der Waals surface area contributed by atoms with Crippen molar-refractivity contribution in [3.63, 3.8) is 0 Å². The molecule has 0 spiro atoms. The molecule has 0 aromatic heterocycles. The lowest BCUT2D eigenvalue weighted by Crippen LogP contribution is -2.26. The van der Waals surface area contributed by atoms with Crippen molar-refractivity contribution in [2.45, 2.75) is 19.1 Å². The molecule has 0 saturated carbocycles. The average Bonchev–Trinajstić information content (AvgIpc) is 1.79. The molecule has 2 unspecified atom stereocenters. The first kappa shape index (κ1) is 6.32. The number of hydrogen-bond acceptors (Lipinski definition) is 2. The molecule has 1 rings (SSSR count). The summed E-state index contributed by atoms with van der Waals surface area (Å²) in [5.74, 6) is -2.68. The van der Waals surface area contributed by atoms with Crippen LogP contribution >= 0.6 is 0 Å². The Morgan fingerprint density at radius 3 is 2.44 bits per heavy atom. The van der Waals surface area contributed by atoms with E-state index in [2.05, 4.69) is 16.1 Å². The highest BCUT2D eigenvalue weighted by Crippen LogP contribution is 2.32. The Morgan fingerprint density at radius 1 is 1.78 bits per heavy atom. The van der Waals surface area contributed by atoms with Crippen molar-refractivity contribution in [3.05, 3.63) is 12.5 Å². The van der Waals surface area contributed by atoms with E-state index in [1.54, 1.807) is 0 Å². The minimum absolute atomic E-state index is 0.312. The molecule has 2 atom stereocenters. The minimum atomic E-state index is -2.36. The lowest BCUT2D eigenvalue weighted by Gasteiger charge is -2.09. The summed E-state index contributed by atoms with van der Waals surface area (Å²) in [5.41, 5.74) is 0. The van der Waals surface area contributed by atoms with Gasteiger partial charge in [0.2, 0.25) is 0 Å². The van der Waals surface area contributed by atoms with Gasteiger partial charge in [0.05, 0.1) is 0 Å². The molecule has 1 heterocycles. The van der Waals surface area contributed by atoms with Crippen LogP contribution in [0.25, 0.3) is 0 Å². The van der Waals surface area contributed by atoms with E-state index in [9.17, 15) is 8.78 Å². The largest absolute Gasteiger partial charge is 0.424 e. The topological polar surface area (TPSA) is 18.5 Å². The predicted molar refractivity (Wildman–Crippen MR) is 25.7 cm³/mol. The van der Waals surface area contributed by atoms with E-state index >= 15 is 0 Å². The first-order valence-electron chi connectivity index (χ1n) is 2.40. The van der Waals surface area contributed by atoms with Crippen molar-refractivity contribution in [2.24, 2.45) is 0 Å². The van der Waals surface area contributed by atoms with E-state index in [1.165, 1.54) is 0 Å². The van der Waals surface area contributed by atoms with E-state index in [-0.39, 0.29) is 5.95 Å². The number of ether oxygens (including phenoxy) is 2. The van der Waals surface area contributed by atoms with E-state index in [1.807, 2.05) is 0 Å². The fourth-order valence-electron chi connectivity index (χ4n) is 0.514. The standard InChI is InChI=1S/C5H6F2O2/c1-3-8-4(6)5(2,7)9-3/h4H,1H2,2H3. The Labute approximate surface area is 51.1 Å². The van der Waals surface area contributed by atoms with Gasteiger partial charge in [-0.2, -0.15) is 8.78 Å². The fraction of sp³-hybridized carbons (Fsp3) is 0.600. The van der Waals surface area contributed by atoms with Gasteiger partial charge in [-0.25, -0.2) is 0 Å². The van der Waals surface area contributed by atoms with Crippen LogP contribution < -0.4 is 0 Å². The van der Waals surface area contributed by atoms with Gasteiger partial charge < -0.3 is 9.47 Å². The highest BCUT2D eigenvalue weighted by molar-refractivity contribution is 4.84. The Balaban J connectivity index is 2.69. The fourth-order valence-corrected chi connectivity index (χ4v) is 0.514. The van der Waals surface area contributed by atoms with Gasteiger partial charge in [-0.1, -0.05) is 0 Å². The molecule has 1 aliphatic heterocycles. The Bertz CT molecular complexity index is 144. The van der Waals surface area contributed by atoms with E-state index in [4.69, 9.17) is 0 Å². The van der Waals surface area contributed by atoms with Gasteiger partial charge in [0.15, 0.2) is 0 Å². The van der Waals surface area contributed by atoms with Crippen molar-refractivity contribution in [1.29, 1.82) is 0 Å². The third-order valence-electron chi connectivity index (χ3n) is 0.954. The number of hydrogen-bond donors (Lipinski definition) is 0. The van der Waals surface area contributed by atoms with Crippen molar-refractivity contribution in [1.82, 2.24) is 0 Å². The van der Waals surface area contributed by atoms with Crippen molar-refractivity contribution in [3.8, 4) is 0 Å². The second-order valence-corrected chi connectivity index (χ2v) is 1.89. The zero-order chi connectivity index (χ0) is 7.07. The lowest BCUT2D eigenvalue weighted by atomic mass is 10.4. The summed E-state index contributed by atoms with van der Waals surface area (Å²) in [6.45, 7) is 4.02. The lowest BCUT2D eigenvalue weighted by molar-refractivity contribution is -0.124. The molecule has 9 heavy (non-hydrogen) atoms. The highest BCUT2D eigenvalue weighted by Gasteiger charge is 2.46. The Hall–Kier alpha value is -0.800. The van der Waals surface area contributed by atoms with Gasteiger partial charge in [0.25, 0.3) is 5.95 Å². The zero-order valence-electron chi connectivity index (χ0n) is 4.86. The van der Waals surface area contributed by atoms with E-state index in [0.717, 1.165) is 6.92 Å². The number of halogens is 2. The van der Waals surface area contributed by atoms with Gasteiger partial charge in [0, 0.05) is 6.92 Å². The summed E-state index contributed by atoms with van der Waals surface area (Å²) in [7, 11) is 0. The molecule has 0 aromatic carbocycles. The first-order chi connectivity index (χ1) is 4.02. The van der Waals surface area contributed by atoms with Crippen molar-refractivity contribution in [2.75, 3.05) is 0 Å². The average molecular weight is 136 g/mol. The molecule has 52 valence electrons. The summed E-state index contributed by atoms with van der Waals surface area (Å²) >= 11 is 0. The van der Waals surface area contributed by atoms with Crippen LogP contribution in [0, 0.1) is 0 Å². The summed E-state index contributed by atoms with van der Waals surface area (Å²) in [6, 6.07) is 0. The van der Waals surface area contributed by atoms with Crippen LogP contribution in [0.2, 0.25) is 0 Å². The van der Waals surface area contributed by atoms with Gasteiger partial charge in [-0.3, -0.25) is 0 Å². The molecule has 0 bridgehead atoms. The summed E-state index contributed by atoms with van der Waals surface area (Å²) in [4.78, 5) is 0. The van der Waals surface area contributed by atoms with E-state index in [0.29, 0.717) is 0 Å². The van der Waals surface area contributed by atoms with Crippen LogP contribution in [0.4, 0.5) is 8.78 Å². The molecule has 0 aromatic rings. The normalized spacial score (nSPS) is 42.1. The molecule has 1 fully saturated rings. The zero-order valence-corrected chi connectivity index (χ0v) is 4.86. The first-order valence-corrected chi connectivity index (χ1v) is 2.40. The molecule has 1 aliphatic rings. The molecule has 0 aliphatic carbocycles.